The van der Waals surface area contributed by atoms with E-state index in [1.54, 1.807) is 12.4 Å². The van der Waals surface area contributed by atoms with E-state index in [9.17, 15) is 13.2 Å². The lowest BCUT2D eigenvalue weighted by molar-refractivity contribution is -0.141. The van der Waals surface area contributed by atoms with Gasteiger partial charge in [0, 0.05) is 25.3 Å². The Morgan fingerprint density at radius 1 is 1.06 bits per heavy atom. The Labute approximate surface area is 189 Å². The van der Waals surface area contributed by atoms with Crippen LogP contribution in [0.5, 0.6) is 0 Å². The standard InChI is InChI=1S/C23H22F3N7/c1-2-17-5-8-28-15-20(17)33(19-3-4-21(29-14-19)23(24,25)26)18-6-9-32(10-7-18)22-30-12-16(11-27)13-31-22/h3-5,8,12-15,18H,2,6-7,9-10H2,1H3. The van der Waals surface area contributed by atoms with Crippen LogP contribution in [0.4, 0.5) is 30.5 Å². The van der Waals surface area contributed by atoms with Crippen molar-refractivity contribution < 1.29 is 13.2 Å². The zero-order valence-corrected chi connectivity index (χ0v) is 18.0. The van der Waals surface area contributed by atoms with Crippen LogP contribution in [-0.4, -0.2) is 39.1 Å². The van der Waals surface area contributed by atoms with E-state index >= 15 is 0 Å². The first kappa shape index (κ1) is 22.5. The second-order valence-corrected chi connectivity index (χ2v) is 7.73. The quantitative estimate of drug-likeness (QED) is 0.562. The molecule has 1 aliphatic rings. The lowest BCUT2D eigenvalue weighted by Crippen LogP contribution is -2.44. The number of piperidine rings is 1. The van der Waals surface area contributed by atoms with Crippen LogP contribution in [0.1, 0.15) is 36.6 Å². The van der Waals surface area contributed by atoms with Gasteiger partial charge in [0.2, 0.25) is 5.95 Å². The number of nitrogens with zero attached hydrogens (tertiary/aromatic N) is 7. The third-order valence-electron chi connectivity index (χ3n) is 5.72. The Kier molecular flexibility index (Phi) is 6.40. The van der Waals surface area contributed by atoms with E-state index in [2.05, 4.69) is 24.8 Å². The molecule has 33 heavy (non-hydrogen) atoms. The molecule has 4 heterocycles. The lowest BCUT2D eigenvalue weighted by atomic mass is 10.0. The van der Waals surface area contributed by atoms with E-state index < -0.39 is 11.9 Å². The first-order valence-electron chi connectivity index (χ1n) is 10.6. The molecule has 4 rings (SSSR count). The molecule has 1 fully saturated rings. The van der Waals surface area contributed by atoms with Crippen molar-refractivity contribution in [3.8, 4) is 6.07 Å². The summed E-state index contributed by atoms with van der Waals surface area (Å²) in [5.41, 5.74) is 2.01. The SMILES string of the molecule is CCc1ccncc1N(c1ccc(C(F)(F)F)nc1)C1CCN(c2ncc(C#N)cn2)CC1. The minimum atomic E-state index is -4.49. The Balaban J connectivity index is 1.61. The van der Waals surface area contributed by atoms with Gasteiger partial charge in [0.1, 0.15) is 11.8 Å². The number of anilines is 3. The molecule has 3 aromatic rings. The Bertz CT molecular complexity index is 1120. The monoisotopic (exact) mass is 453 g/mol. The van der Waals surface area contributed by atoms with E-state index in [4.69, 9.17) is 5.26 Å². The molecule has 170 valence electrons. The predicted molar refractivity (Wildman–Crippen MR) is 117 cm³/mol. The number of pyridine rings is 2. The molecular weight excluding hydrogens is 431 g/mol. The number of alkyl halides is 3. The topological polar surface area (TPSA) is 81.8 Å². The van der Waals surface area contributed by atoms with Crippen LogP contribution in [-0.2, 0) is 12.6 Å². The van der Waals surface area contributed by atoms with Crippen molar-refractivity contribution in [3.63, 3.8) is 0 Å². The van der Waals surface area contributed by atoms with Gasteiger partial charge < -0.3 is 9.80 Å². The largest absolute Gasteiger partial charge is 0.433 e. The van der Waals surface area contributed by atoms with Crippen molar-refractivity contribution in [1.82, 2.24) is 19.9 Å². The number of halogens is 3. The molecule has 0 aliphatic carbocycles. The number of aromatic nitrogens is 4. The van der Waals surface area contributed by atoms with Crippen LogP contribution < -0.4 is 9.80 Å². The molecule has 3 aromatic heterocycles. The highest BCUT2D eigenvalue weighted by Crippen LogP contribution is 2.36. The number of aryl methyl sites for hydroxylation is 1. The van der Waals surface area contributed by atoms with Crippen LogP contribution in [0.25, 0.3) is 0 Å². The third-order valence-corrected chi connectivity index (χ3v) is 5.72. The summed E-state index contributed by atoms with van der Waals surface area (Å²) in [7, 11) is 0. The van der Waals surface area contributed by atoms with Crippen molar-refractivity contribution in [1.29, 1.82) is 5.26 Å². The van der Waals surface area contributed by atoms with E-state index in [0.29, 0.717) is 30.3 Å². The van der Waals surface area contributed by atoms with E-state index in [0.717, 1.165) is 36.6 Å². The smallest absolute Gasteiger partial charge is 0.341 e. The van der Waals surface area contributed by atoms with Gasteiger partial charge in [0.25, 0.3) is 0 Å². The highest BCUT2D eigenvalue weighted by Gasteiger charge is 2.33. The molecule has 0 bridgehead atoms. The molecule has 0 amide bonds. The first-order valence-corrected chi connectivity index (χ1v) is 10.6. The van der Waals surface area contributed by atoms with Crippen molar-refractivity contribution in [2.24, 2.45) is 0 Å². The molecule has 0 unspecified atom stereocenters. The fourth-order valence-electron chi connectivity index (χ4n) is 4.04. The van der Waals surface area contributed by atoms with Gasteiger partial charge in [-0.1, -0.05) is 6.92 Å². The number of rotatable bonds is 5. The van der Waals surface area contributed by atoms with Crippen LogP contribution >= 0.6 is 0 Å². The van der Waals surface area contributed by atoms with Crippen molar-refractivity contribution in [2.75, 3.05) is 22.9 Å². The van der Waals surface area contributed by atoms with Crippen LogP contribution in [0.2, 0.25) is 0 Å². The summed E-state index contributed by atoms with van der Waals surface area (Å²) >= 11 is 0. The maximum atomic E-state index is 13.0. The molecule has 7 nitrogen and oxygen atoms in total. The Morgan fingerprint density at radius 3 is 2.36 bits per heavy atom. The normalized spacial score (nSPS) is 14.7. The predicted octanol–water partition coefficient (Wildman–Crippen LogP) is 4.53. The zero-order chi connectivity index (χ0) is 23.4. The van der Waals surface area contributed by atoms with Gasteiger partial charge in [-0.2, -0.15) is 18.4 Å². The molecule has 0 aromatic carbocycles. The number of hydrogen-bond donors (Lipinski definition) is 0. The van der Waals surface area contributed by atoms with Gasteiger partial charge in [-0.25, -0.2) is 15.0 Å². The average Bonchev–Trinajstić information content (AvgIpc) is 2.85. The fraction of sp³-hybridized carbons (Fsp3) is 0.348. The summed E-state index contributed by atoms with van der Waals surface area (Å²) in [6.07, 6.45) is 5.51. The number of nitriles is 1. The number of hydrogen-bond acceptors (Lipinski definition) is 7. The van der Waals surface area contributed by atoms with Crippen LogP contribution in [0.3, 0.4) is 0 Å². The van der Waals surface area contributed by atoms with Gasteiger partial charge >= 0.3 is 6.18 Å². The van der Waals surface area contributed by atoms with Gasteiger partial charge in [-0.15, -0.1) is 0 Å². The second-order valence-electron chi connectivity index (χ2n) is 7.73. The molecule has 1 saturated heterocycles. The lowest BCUT2D eigenvalue weighted by Gasteiger charge is -2.40. The summed E-state index contributed by atoms with van der Waals surface area (Å²) in [5, 5.41) is 8.93. The second kappa shape index (κ2) is 9.40. The zero-order valence-electron chi connectivity index (χ0n) is 18.0. The molecule has 10 heteroatoms. The summed E-state index contributed by atoms with van der Waals surface area (Å²) in [6, 6.07) is 6.46. The summed E-state index contributed by atoms with van der Waals surface area (Å²) in [6.45, 7) is 3.37. The summed E-state index contributed by atoms with van der Waals surface area (Å²) < 4.78 is 39.1. The highest BCUT2D eigenvalue weighted by molar-refractivity contribution is 5.66. The summed E-state index contributed by atoms with van der Waals surface area (Å²) in [5.74, 6) is 0.561. The van der Waals surface area contributed by atoms with Gasteiger partial charge in [-0.3, -0.25) is 4.98 Å². The highest BCUT2D eigenvalue weighted by atomic mass is 19.4. The van der Waals surface area contributed by atoms with E-state index in [1.165, 1.54) is 24.7 Å². The van der Waals surface area contributed by atoms with E-state index in [1.807, 2.05) is 24.0 Å². The third kappa shape index (κ3) is 4.87. The molecule has 0 radical (unpaired) electrons. The van der Waals surface area contributed by atoms with Crippen LogP contribution in [0.15, 0.2) is 49.2 Å². The molecule has 0 N–H and O–H groups in total. The maximum absolute atomic E-state index is 13.0. The molecule has 0 atom stereocenters. The minimum absolute atomic E-state index is 0.0349. The fourth-order valence-corrected chi connectivity index (χ4v) is 4.04. The van der Waals surface area contributed by atoms with Gasteiger partial charge in [0.05, 0.1) is 41.7 Å². The first-order chi connectivity index (χ1) is 15.9. The van der Waals surface area contributed by atoms with Gasteiger partial charge in [-0.05, 0) is 43.0 Å². The van der Waals surface area contributed by atoms with Crippen molar-refractivity contribution >= 4 is 17.3 Å². The van der Waals surface area contributed by atoms with Crippen molar-refractivity contribution in [3.05, 3.63) is 66.0 Å². The van der Waals surface area contributed by atoms with Gasteiger partial charge in [0.15, 0.2) is 0 Å². The van der Waals surface area contributed by atoms with Crippen LogP contribution in [0, 0.1) is 11.3 Å². The molecule has 0 saturated carbocycles. The molecular formula is C23H22F3N7. The minimum Gasteiger partial charge on any atom is -0.341 e. The summed E-state index contributed by atoms with van der Waals surface area (Å²) in [4.78, 5) is 20.6. The van der Waals surface area contributed by atoms with E-state index in [-0.39, 0.29) is 6.04 Å². The Hall–Kier alpha value is -3.74. The molecule has 1 aliphatic heterocycles. The molecule has 0 spiro atoms. The maximum Gasteiger partial charge on any atom is 0.433 e. The van der Waals surface area contributed by atoms with Crippen molar-refractivity contribution in [2.45, 2.75) is 38.4 Å². The Morgan fingerprint density at radius 2 is 1.79 bits per heavy atom. The average molecular weight is 453 g/mol.